The minimum absolute atomic E-state index is 0.0651. The van der Waals surface area contributed by atoms with Gasteiger partial charge in [-0.3, -0.25) is 14.9 Å². The number of benzene rings is 2. The van der Waals surface area contributed by atoms with Gasteiger partial charge in [0, 0.05) is 17.5 Å². The van der Waals surface area contributed by atoms with Crippen LogP contribution in [-0.4, -0.2) is 24.2 Å². The Bertz CT molecular complexity index is 717. The van der Waals surface area contributed by atoms with E-state index in [-0.39, 0.29) is 17.8 Å². The van der Waals surface area contributed by atoms with Crippen molar-refractivity contribution in [2.45, 2.75) is 11.4 Å². The van der Waals surface area contributed by atoms with E-state index in [1.807, 2.05) is 18.4 Å². The molecule has 0 saturated heterocycles. The Morgan fingerprint density at radius 2 is 1.96 bits per heavy atom. The zero-order valence-electron chi connectivity index (χ0n) is 12.7. The summed E-state index contributed by atoms with van der Waals surface area (Å²) in [5.74, 6) is 0.256. The van der Waals surface area contributed by atoms with E-state index in [0.717, 1.165) is 16.2 Å². The van der Waals surface area contributed by atoms with Crippen molar-refractivity contribution in [3.63, 3.8) is 0 Å². The van der Waals surface area contributed by atoms with Crippen molar-refractivity contribution < 1.29 is 14.5 Å². The molecule has 2 rings (SSSR count). The molecule has 0 radical (unpaired) electrons. The van der Waals surface area contributed by atoms with Gasteiger partial charge in [0.2, 0.25) is 0 Å². The van der Waals surface area contributed by atoms with Crippen LogP contribution in [0, 0.1) is 10.1 Å². The number of nitro groups is 1. The van der Waals surface area contributed by atoms with Crippen molar-refractivity contribution in [2.75, 3.05) is 13.4 Å². The Labute approximate surface area is 138 Å². The Morgan fingerprint density at radius 3 is 2.52 bits per heavy atom. The molecule has 0 heterocycles. The van der Waals surface area contributed by atoms with E-state index < -0.39 is 10.8 Å². The predicted octanol–water partition coefficient (Wildman–Crippen LogP) is 3.26. The normalized spacial score (nSPS) is 10.2. The van der Waals surface area contributed by atoms with E-state index >= 15 is 0 Å². The van der Waals surface area contributed by atoms with Gasteiger partial charge in [0.05, 0.1) is 12.0 Å². The number of nitro benzene ring substituents is 1. The summed E-state index contributed by atoms with van der Waals surface area (Å²) in [4.78, 5) is 23.6. The highest BCUT2D eigenvalue weighted by molar-refractivity contribution is 7.98. The number of nitrogens with zero attached hydrogens (tertiary/aromatic N) is 1. The third kappa shape index (κ3) is 4.23. The van der Waals surface area contributed by atoms with Gasteiger partial charge in [-0.15, -0.1) is 11.8 Å². The van der Waals surface area contributed by atoms with Crippen LogP contribution in [0.5, 0.6) is 5.75 Å². The first-order valence-corrected chi connectivity index (χ1v) is 8.01. The molecule has 120 valence electrons. The van der Waals surface area contributed by atoms with Crippen LogP contribution in [0.15, 0.2) is 47.4 Å². The smallest absolute Gasteiger partial charge is 0.282 e. The number of hydrogen-bond acceptors (Lipinski definition) is 5. The van der Waals surface area contributed by atoms with Gasteiger partial charge in [0.25, 0.3) is 11.6 Å². The summed E-state index contributed by atoms with van der Waals surface area (Å²) in [7, 11) is 1.58. The highest BCUT2D eigenvalue weighted by Crippen LogP contribution is 2.24. The lowest BCUT2D eigenvalue weighted by atomic mass is 10.1. The molecule has 7 heteroatoms. The zero-order valence-corrected chi connectivity index (χ0v) is 13.6. The second-order valence-electron chi connectivity index (χ2n) is 4.67. The maximum Gasteiger partial charge on any atom is 0.282 e. The van der Waals surface area contributed by atoms with Crippen LogP contribution >= 0.6 is 11.8 Å². The van der Waals surface area contributed by atoms with E-state index in [1.165, 1.54) is 23.9 Å². The maximum absolute atomic E-state index is 12.3. The van der Waals surface area contributed by atoms with Crippen LogP contribution in [0.2, 0.25) is 0 Å². The molecule has 1 amide bonds. The summed E-state index contributed by atoms with van der Waals surface area (Å²) in [6, 6.07) is 11.7. The molecule has 0 aliphatic rings. The first-order chi connectivity index (χ1) is 11.0. The van der Waals surface area contributed by atoms with Gasteiger partial charge in [-0.25, -0.2) is 0 Å². The third-order valence-corrected chi connectivity index (χ3v) is 3.98. The lowest BCUT2D eigenvalue weighted by Crippen LogP contribution is -2.23. The molecule has 0 aliphatic carbocycles. The van der Waals surface area contributed by atoms with E-state index in [0.29, 0.717) is 0 Å². The standard InChI is InChI=1S/C16H16N2O4S/c1-22-12-5-3-11(4-6-12)10-17-16(19)14-9-13(23-2)7-8-15(14)18(20)21/h3-9H,10H2,1-2H3,(H,17,19). The van der Waals surface area contributed by atoms with Crippen molar-refractivity contribution in [1.82, 2.24) is 5.32 Å². The highest BCUT2D eigenvalue weighted by atomic mass is 32.2. The Hall–Kier alpha value is -2.54. The summed E-state index contributed by atoms with van der Waals surface area (Å²) in [6.07, 6.45) is 1.85. The molecule has 0 atom stereocenters. The van der Waals surface area contributed by atoms with Crippen molar-refractivity contribution in [2.24, 2.45) is 0 Å². The zero-order chi connectivity index (χ0) is 16.8. The molecular formula is C16H16N2O4S. The number of carbonyl (C=O) groups is 1. The lowest BCUT2D eigenvalue weighted by Gasteiger charge is -2.08. The molecule has 0 bridgehead atoms. The number of thioether (sulfide) groups is 1. The number of carbonyl (C=O) groups excluding carboxylic acids is 1. The largest absolute Gasteiger partial charge is 0.497 e. The fourth-order valence-electron chi connectivity index (χ4n) is 2.00. The summed E-state index contributed by atoms with van der Waals surface area (Å²) >= 11 is 1.42. The van der Waals surface area contributed by atoms with E-state index in [2.05, 4.69) is 5.32 Å². The lowest BCUT2D eigenvalue weighted by molar-refractivity contribution is -0.385. The van der Waals surface area contributed by atoms with Gasteiger partial charge in [0.1, 0.15) is 11.3 Å². The summed E-state index contributed by atoms with van der Waals surface area (Å²) in [5, 5.41) is 13.8. The van der Waals surface area contributed by atoms with Crippen molar-refractivity contribution in [1.29, 1.82) is 0 Å². The van der Waals surface area contributed by atoms with E-state index in [4.69, 9.17) is 4.74 Å². The van der Waals surface area contributed by atoms with Gasteiger partial charge in [-0.1, -0.05) is 12.1 Å². The molecule has 2 aromatic rings. The van der Waals surface area contributed by atoms with Crippen LogP contribution in [0.3, 0.4) is 0 Å². The number of methoxy groups -OCH3 is 1. The molecule has 0 saturated carbocycles. The number of nitrogens with one attached hydrogen (secondary N) is 1. The minimum atomic E-state index is -0.549. The molecule has 1 N–H and O–H groups in total. The Morgan fingerprint density at radius 1 is 1.26 bits per heavy atom. The molecule has 0 fully saturated rings. The molecule has 0 aromatic heterocycles. The predicted molar refractivity (Wildman–Crippen MR) is 89.0 cm³/mol. The monoisotopic (exact) mass is 332 g/mol. The van der Waals surface area contributed by atoms with Gasteiger partial charge in [-0.05, 0) is 36.1 Å². The fourth-order valence-corrected chi connectivity index (χ4v) is 2.44. The number of ether oxygens (including phenoxy) is 1. The maximum atomic E-state index is 12.3. The third-order valence-electron chi connectivity index (χ3n) is 3.26. The second kappa shape index (κ2) is 7.64. The van der Waals surface area contributed by atoms with Crippen molar-refractivity contribution in [3.8, 4) is 5.75 Å². The van der Waals surface area contributed by atoms with Gasteiger partial charge >= 0.3 is 0 Å². The van der Waals surface area contributed by atoms with Crippen molar-refractivity contribution >= 4 is 23.4 Å². The van der Waals surface area contributed by atoms with Gasteiger partial charge < -0.3 is 10.1 Å². The van der Waals surface area contributed by atoms with Crippen molar-refractivity contribution in [3.05, 3.63) is 63.7 Å². The summed E-state index contributed by atoms with van der Waals surface area (Å²) in [5.41, 5.74) is 0.744. The number of hydrogen-bond donors (Lipinski definition) is 1. The first-order valence-electron chi connectivity index (χ1n) is 6.78. The molecule has 23 heavy (non-hydrogen) atoms. The topological polar surface area (TPSA) is 81.5 Å². The van der Waals surface area contributed by atoms with E-state index in [9.17, 15) is 14.9 Å². The number of rotatable bonds is 6. The Kier molecular flexibility index (Phi) is 5.59. The van der Waals surface area contributed by atoms with E-state index in [1.54, 1.807) is 25.3 Å². The molecule has 2 aromatic carbocycles. The highest BCUT2D eigenvalue weighted by Gasteiger charge is 2.20. The average Bonchev–Trinajstić information content (AvgIpc) is 2.59. The quantitative estimate of drug-likeness (QED) is 0.499. The SMILES string of the molecule is COc1ccc(CNC(=O)c2cc(SC)ccc2[N+](=O)[O-])cc1. The molecule has 0 spiro atoms. The summed E-state index contributed by atoms with van der Waals surface area (Å²) < 4.78 is 5.07. The minimum Gasteiger partial charge on any atom is -0.497 e. The summed E-state index contributed by atoms with van der Waals surface area (Å²) in [6.45, 7) is 0.281. The second-order valence-corrected chi connectivity index (χ2v) is 5.55. The molecule has 0 unspecified atom stereocenters. The first kappa shape index (κ1) is 16.8. The van der Waals surface area contributed by atoms with Crippen LogP contribution in [0.1, 0.15) is 15.9 Å². The molecule has 6 nitrogen and oxygen atoms in total. The van der Waals surface area contributed by atoms with Crippen LogP contribution in [-0.2, 0) is 6.54 Å². The number of amides is 1. The van der Waals surface area contributed by atoms with Gasteiger partial charge in [0.15, 0.2) is 0 Å². The average molecular weight is 332 g/mol. The Balaban J connectivity index is 2.14. The fraction of sp³-hybridized carbons (Fsp3) is 0.188. The molecular weight excluding hydrogens is 316 g/mol. The van der Waals surface area contributed by atoms with Gasteiger partial charge in [-0.2, -0.15) is 0 Å². The van der Waals surface area contributed by atoms with Crippen LogP contribution in [0.4, 0.5) is 5.69 Å². The van der Waals surface area contributed by atoms with Crippen LogP contribution in [0.25, 0.3) is 0 Å². The molecule has 0 aliphatic heterocycles. The van der Waals surface area contributed by atoms with Crippen LogP contribution < -0.4 is 10.1 Å².